The molecule has 1 aliphatic carbocycles. The highest BCUT2D eigenvalue weighted by Gasteiger charge is 2.28. The zero-order chi connectivity index (χ0) is 26.5. The summed E-state index contributed by atoms with van der Waals surface area (Å²) in [7, 11) is 5.91. The van der Waals surface area contributed by atoms with Gasteiger partial charge in [0.15, 0.2) is 0 Å². The van der Waals surface area contributed by atoms with E-state index in [0.29, 0.717) is 17.4 Å². The van der Waals surface area contributed by atoms with Gasteiger partial charge in [0.25, 0.3) is 0 Å². The lowest BCUT2D eigenvalue weighted by Gasteiger charge is -2.29. The molecule has 0 aliphatic heterocycles. The second-order valence-electron chi connectivity index (χ2n) is 10.6. The highest BCUT2D eigenvalue weighted by molar-refractivity contribution is 5.89. The number of nitrogens with zero attached hydrogens (tertiary/aromatic N) is 4. The maximum Gasteiger partial charge on any atom is 0.412 e. The van der Waals surface area contributed by atoms with Gasteiger partial charge in [-0.05, 0) is 78.1 Å². The first-order chi connectivity index (χ1) is 17.8. The number of carbonyl (C=O) groups is 1. The van der Waals surface area contributed by atoms with Crippen molar-refractivity contribution >= 4 is 17.3 Å². The largest absolute Gasteiger partial charge is 0.495 e. The summed E-state index contributed by atoms with van der Waals surface area (Å²) in [6.07, 6.45) is 9.77. The summed E-state index contributed by atoms with van der Waals surface area (Å²) in [4.78, 5) is 24.4. The Bertz CT molecular complexity index is 1210. The SMILES string of the molecule is CCCC(C)OC(=O)Nc1ccc(-c2nc([C@H]3CC[C@H](CN(C)C)CC3)n3ccnc(C)c23)cc1OC. The number of ether oxygens (including phenoxy) is 2. The van der Waals surface area contributed by atoms with Crippen molar-refractivity contribution in [1.82, 2.24) is 19.3 Å². The monoisotopic (exact) mass is 507 g/mol. The van der Waals surface area contributed by atoms with Crippen LogP contribution in [0.2, 0.25) is 0 Å². The van der Waals surface area contributed by atoms with E-state index in [-0.39, 0.29) is 6.10 Å². The Kier molecular flexibility index (Phi) is 8.69. The van der Waals surface area contributed by atoms with Gasteiger partial charge in [0.1, 0.15) is 17.7 Å². The number of imidazole rings is 1. The molecule has 1 amide bonds. The molecule has 0 bridgehead atoms. The van der Waals surface area contributed by atoms with Crippen LogP contribution >= 0.6 is 0 Å². The first-order valence-electron chi connectivity index (χ1n) is 13.4. The van der Waals surface area contributed by atoms with Crippen LogP contribution < -0.4 is 10.1 Å². The fraction of sp³-hybridized carbons (Fsp3) is 0.552. The van der Waals surface area contributed by atoms with E-state index in [0.717, 1.165) is 66.4 Å². The molecule has 1 aromatic carbocycles. The van der Waals surface area contributed by atoms with Gasteiger partial charge in [-0.3, -0.25) is 14.7 Å². The third-order valence-corrected chi connectivity index (χ3v) is 7.32. The van der Waals surface area contributed by atoms with Crippen molar-refractivity contribution < 1.29 is 14.3 Å². The predicted octanol–water partition coefficient (Wildman–Crippen LogP) is 6.29. The van der Waals surface area contributed by atoms with Crippen LogP contribution in [0.3, 0.4) is 0 Å². The Morgan fingerprint density at radius 2 is 2.00 bits per heavy atom. The number of fused-ring (bicyclic) bond motifs is 1. The van der Waals surface area contributed by atoms with Crippen LogP contribution in [0, 0.1) is 12.8 Å². The molecule has 3 aromatic rings. The minimum absolute atomic E-state index is 0.140. The lowest BCUT2D eigenvalue weighted by molar-refractivity contribution is 0.115. The van der Waals surface area contributed by atoms with Crippen molar-refractivity contribution in [2.75, 3.05) is 33.1 Å². The van der Waals surface area contributed by atoms with Gasteiger partial charge < -0.3 is 14.4 Å². The molecule has 2 heterocycles. The molecule has 200 valence electrons. The van der Waals surface area contributed by atoms with Crippen molar-refractivity contribution in [2.24, 2.45) is 5.92 Å². The summed E-state index contributed by atoms with van der Waals surface area (Å²) in [5.41, 5.74) is 4.34. The normalized spacial score (nSPS) is 18.7. The standard InChI is InChI=1S/C29H41N5O3/c1-7-8-19(2)37-29(35)31-24-14-13-23(17-25(24)36-6)26-27-20(3)30-15-16-34(27)28(32-26)22-11-9-21(10-12-22)18-33(4)5/h13-17,19,21-22H,7-12,18H2,1-6H3,(H,31,35)/t19?,21-,22-. The molecule has 1 atom stereocenters. The molecule has 1 unspecified atom stereocenters. The van der Waals surface area contributed by atoms with Gasteiger partial charge in [0.05, 0.1) is 29.7 Å². The number of anilines is 1. The molecule has 2 aromatic heterocycles. The molecule has 1 fully saturated rings. The van der Waals surface area contributed by atoms with Gasteiger partial charge in [-0.1, -0.05) is 19.4 Å². The molecule has 8 nitrogen and oxygen atoms in total. The van der Waals surface area contributed by atoms with E-state index in [4.69, 9.17) is 14.5 Å². The predicted molar refractivity (Wildman–Crippen MR) is 147 cm³/mol. The summed E-state index contributed by atoms with van der Waals surface area (Å²) in [6.45, 7) is 7.14. The third-order valence-electron chi connectivity index (χ3n) is 7.32. The van der Waals surface area contributed by atoms with Crippen molar-refractivity contribution in [2.45, 2.75) is 71.3 Å². The number of benzene rings is 1. The molecular weight excluding hydrogens is 466 g/mol. The minimum Gasteiger partial charge on any atom is -0.495 e. The first kappa shape index (κ1) is 26.9. The van der Waals surface area contributed by atoms with Crippen LogP contribution in [0.4, 0.5) is 10.5 Å². The molecular formula is C29H41N5O3. The topological polar surface area (TPSA) is 81.0 Å². The Labute approximate surface area is 220 Å². The summed E-state index contributed by atoms with van der Waals surface area (Å²) in [5.74, 6) is 2.84. The highest BCUT2D eigenvalue weighted by Crippen LogP contribution is 2.39. The number of carbonyl (C=O) groups excluding carboxylic acids is 1. The average Bonchev–Trinajstić information content (AvgIpc) is 3.25. The Hall–Kier alpha value is -3.13. The van der Waals surface area contributed by atoms with Crippen LogP contribution in [-0.4, -0.2) is 59.2 Å². The lowest BCUT2D eigenvalue weighted by Crippen LogP contribution is -2.25. The smallest absolute Gasteiger partial charge is 0.412 e. The molecule has 0 spiro atoms. The second-order valence-corrected chi connectivity index (χ2v) is 10.6. The second kappa shape index (κ2) is 11.9. The number of amides is 1. The fourth-order valence-corrected chi connectivity index (χ4v) is 5.56. The summed E-state index contributed by atoms with van der Waals surface area (Å²) >= 11 is 0. The quantitative estimate of drug-likeness (QED) is 0.367. The minimum atomic E-state index is -0.480. The van der Waals surface area contributed by atoms with Crippen LogP contribution in [-0.2, 0) is 4.74 Å². The number of aromatic nitrogens is 3. The van der Waals surface area contributed by atoms with Gasteiger partial charge in [-0.15, -0.1) is 0 Å². The van der Waals surface area contributed by atoms with Crippen molar-refractivity contribution in [1.29, 1.82) is 0 Å². The maximum absolute atomic E-state index is 12.4. The van der Waals surface area contributed by atoms with Crippen LogP contribution in [0.1, 0.15) is 69.8 Å². The van der Waals surface area contributed by atoms with E-state index in [1.165, 1.54) is 12.8 Å². The summed E-state index contributed by atoms with van der Waals surface area (Å²) in [5, 5.41) is 2.82. The van der Waals surface area contributed by atoms with Gasteiger partial charge in [0.2, 0.25) is 0 Å². The fourth-order valence-electron chi connectivity index (χ4n) is 5.56. The van der Waals surface area contributed by atoms with Gasteiger partial charge >= 0.3 is 6.09 Å². The maximum atomic E-state index is 12.4. The summed E-state index contributed by atoms with van der Waals surface area (Å²) < 4.78 is 13.3. The van der Waals surface area contributed by atoms with E-state index in [1.807, 2.05) is 44.4 Å². The van der Waals surface area contributed by atoms with Crippen molar-refractivity contribution in [3.05, 3.63) is 42.1 Å². The number of aryl methyl sites for hydroxylation is 1. The Morgan fingerprint density at radius 3 is 2.68 bits per heavy atom. The number of hydrogen-bond donors (Lipinski definition) is 1. The molecule has 8 heteroatoms. The molecule has 4 rings (SSSR count). The third kappa shape index (κ3) is 6.24. The van der Waals surface area contributed by atoms with Crippen molar-refractivity contribution in [3.63, 3.8) is 0 Å². The number of methoxy groups -OCH3 is 1. The molecule has 1 N–H and O–H groups in total. The molecule has 1 saturated carbocycles. The Morgan fingerprint density at radius 1 is 1.24 bits per heavy atom. The zero-order valence-corrected chi connectivity index (χ0v) is 23.1. The average molecular weight is 508 g/mol. The van der Waals surface area contributed by atoms with Gasteiger partial charge in [-0.25, -0.2) is 9.78 Å². The van der Waals surface area contributed by atoms with E-state index in [9.17, 15) is 4.79 Å². The number of nitrogens with one attached hydrogen (secondary N) is 1. The van der Waals surface area contributed by atoms with Crippen LogP contribution in [0.5, 0.6) is 5.75 Å². The summed E-state index contributed by atoms with van der Waals surface area (Å²) in [6, 6.07) is 5.75. The van der Waals surface area contributed by atoms with E-state index in [1.54, 1.807) is 7.11 Å². The molecule has 1 aliphatic rings. The van der Waals surface area contributed by atoms with Crippen molar-refractivity contribution in [3.8, 4) is 17.0 Å². The van der Waals surface area contributed by atoms with E-state index >= 15 is 0 Å². The van der Waals surface area contributed by atoms with Crippen LogP contribution in [0.25, 0.3) is 16.8 Å². The zero-order valence-electron chi connectivity index (χ0n) is 23.1. The Balaban J connectivity index is 1.62. The lowest BCUT2D eigenvalue weighted by atomic mass is 9.81. The number of hydrogen-bond acceptors (Lipinski definition) is 6. The molecule has 37 heavy (non-hydrogen) atoms. The molecule has 0 radical (unpaired) electrons. The van der Waals surface area contributed by atoms with E-state index < -0.39 is 6.09 Å². The number of rotatable bonds is 9. The van der Waals surface area contributed by atoms with E-state index in [2.05, 4.69) is 40.6 Å². The van der Waals surface area contributed by atoms with Gasteiger partial charge in [-0.2, -0.15) is 0 Å². The molecule has 0 saturated heterocycles. The highest BCUT2D eigenvalue weighted by atomic mass is 16.6. The van der Waals surface area contributed by atoms with Crippen LogP contribution in [0.15, 0.2) is 30.6 Å². The first-order valence-corrected chi connectivity index (χ1v) is 13.4. The van der Waals surface area contributed by atoms with Gasteiger partial charge in [0, 0.05) is 30.4 Å².